The van der Waals surface area contributed by atoms with Gasteiger partial charge in [-0.1, -0.05) is 121 Å². The number of rotatable bonds is 27. The van der Waals surface area contributed by atoms with Crippen molar-refractivity contribution in [1.29, 1.82) is 0 Å². The second-order valence-corrected chi connectivity index (χ2v) is 10.4. The van der Waals surface area contributed by atoms with Crippen LogP contribution in [0.4, 0.5) is 0 Å². The van der Waals surface area contributed by atoms with E-state index in [1.54, 1.807) is 6.08 Å². The van der Waals surface area contributed by atoms with Crippen molar-refractivity contribution in [2.24, 2.45) is 0 Å². The second-order valence-electron chi connectivity index (χ2n) is 10.4. The molecule has 226 valence electrons. The van der Waals surface area contributed by atoms with Gasteiger partial charge in [-0.2, -0.15) is 0 Å². The highest BCUT2D eigenvalue weighted by Crippen LogP contribution is 2.10. The molecule has 0 heterocycles. The van der Waals surface area contributed by atoms with Crippen LogP contribution in [0.5, 0.6) is 0 Å². The SMILES string of the molecule is CCCCCCCC/C=C/C/C=C/C=C/C(O)CCCC(=O)O[C@@H](CO)COC(=O)CCCCCCCCC. The summed E-state index contributed by atoms with van der Waals surface area (Å²) >= 11 is 0. The Labute approximate surface area is 238 Å². The number of ether oxygens (including phenoxy) is 2. The number of aliphatic hydroxyl groups excluding tert-OH is 2. The number of hydrogen-bond acceptors (Lipinski definition) is 6. The van der Waals surface area contributed by atoms with Gasteiger partial charge in [0.05, 0.1) is 12.7 Å². The van der Waals surface area contributed by atoms with E-state index in [1.807, 2.05) is 12.2 Å². The summed E-state index contributed by atoms with van der Waals surface area (Å²) < 4.78 is 10.4. The van der Waals surface area contributed by atoms with E-state index in [9.17, 15) is 19.8 Å². The first-order valence-electron chi connectivity index (χ1n) is 15.7. The molecule has 1 unspecified atom stereocenters. The molecule has 0 rings (SSSR count). The van der Waals surface area contributed by atoms with Crippen LogP contribution in [-0.2, 0) is 19.1 Å². The van der Waals surface area contributed by atoms with Crippen molar-refractivity contribution in [1.82, 2.24) is 0 Å². The van der Waals surface area contributed by atoms with E-state index in [-0.39, 0.29) is 19.0 Å². The molecular formula is C33H58O6. The van der Waals surface area contributed by atoms with Gasteiger partial charge >= 0.3 is 11.9 Å². The molecule has 0 saturated heterocycles. The third-order valence-electron chi connectivity index (χ3n) is 6.54. The fraction of sp³-hybridized carbons (Fsp3) is 0.758. The number of hydrogen-bond donors (Lipinski definition) is 2. The second kappa shape index (κ2) is 29.1. The topological polar surface area (TPSA) is 93.1 Å². The molecule has 0 aliphatic carbocycles. The molecule has 2 N–H and O–H groups in total. The van der Waals surface area contributed by atoms with Gasteiger partial charge in [0.2, 0.25) is 0 Å². The van der Waals surface area contributed by atoms with Gasteiger partial charge in [-0.3, -0.25) is 9.59 Å². The van der Waals surface area contributed by atoms with E-state index in [1.165, 1.54) is 64.2 Å². The summed E-state index contributed by atoms with van der Waals surface area (Å²) in [5.41, 5.74) is 0. The summed E-state index contributed by atoms with van der Waals surface area (Å²) in [4.78, 5) is 23.9. The highest BCUT2D eigenvalue weighted by Gasteiger charge is 2.16. The first-order chi connectivity index (χ1) is 19.0. The molecule has 0 aliphatic heterocycles. The Bertz CT molecular complexity index is 655. The lowest BCUT2D eigenvalue weighted by Crippen LogP contribution is -2.28. The zero-order valence-electron chi connectivity index (χ0n) is 25.0. The van der Waals surface area contributed by atoms with Gasteiger partial charge in [0.15, 0.2) is 6.10 Å². The van der Waals surface area contributed by atoms with Gasteiger partial charge in [0.1, 0.15) is 6.61 Å². The molecule has 0 amide bonds. The van der Waals surface area contributed by atoms with Crippen LogP contribution >= 0.6 is 0 Å². The molecule has 0 radical (unpaired) electrons. The van der Waals surface area contributed by atoms with Crippen LogP contribution < -0.4 is 0 Å². The number of esters is 2. The quantitative estimate of drug-likeness (QED) is 0.0467. The summed E-state index contributed by atoms with van der Waals surface area (Å²) in [5, 5.41) is 19.5. The van der Waals surface area contributed by atoms with Crippen LogP contribution in [-0.4, -0.2) is 47.6 Å². The van der Waals surface area contributed by atoms with Crippen molar-refractivity contribution in [3.63, 3.8) is 0 Å². The van der Waals surface area contributed by atoms with Gasteiger partial charge in [0, 0.05) is 12.8 Å². The van der Waals surface area contributed by atoms with Crippen LogP contribution in [0, 0.1) is 0 Å². The van der Waals surface area contributed by atoms with Crippen LogP contribution in [0.2, 0.25) is 0 Å². The van der Waals surface area contributed by atoms with Crippen molar-refractivity contribution in [3.8, 4) is 0 Å². The fourth-order valence-electron chi connectivity index (χ4n) is 4.09. The summed E-state index contributed by atoms with van der Waals surface area (Å²) in [6.45, 7) is 3.89. The molecule has 0 saturated carbocycles. The van der Waals surface area contributed by atoms with Crippen molar-refractivity contribution < 1.29 is 29.3 Å². The van der Waals surface area contributed by atoms with Crippen LogP contribution in [0.1, 0.15) is 136 Å². The average Bonchev–Trinajstić information content (AvgIpc) is 2.93. The molecule has 6 heteroatoms. The van der Waals surface area contributed by atoms with Gasteiger partial charge in [-0.05, 0) is 38.5 Å². The molecular weight excluding hydrogens is 492 g/mol. The molecule has 39 heavy (non-hydrogen) atoms. The fourth-order valence-corrected chi connectivity index (χ4v) is 4.09. The third-order valence-corrected chi connectivity index (χ3v) is 6.54. The van der Waals surface area contributed by atoms with Crippen LogP contribution in [0.25, 0.3) is 0 Å². The maximum atomic E-state index is 12.1. The van der Waals surface area contributed by atoms with Crippen LogP contribution in [0.3, 0.4) is 0 Å². The summed E-state index contributed by atoms with van der Waals surface area (Å²) in [6, 6.07) is 0. The largest absolute Gasteiger partial charge is 0.462 e. The predicted molar refractivity (Wildman–Crippen MR) is 160 cm³/mol. The van der Waals surface area contributed by atoms with Crippen molar-refractivity contribution in [2.45, 2.75) is 148 Å². The maximum absolute atomic E-state index is 12.1. The minimum Gasteiger partial charge on any atom is -0.462 e. The monoisotopic (exact) mass is 550 g/mol. The Morgan fingerprint density at radius 3 is 2.00 bits per heavy atom. The van der Waals surface area contributed by atoms with E-state index in [4.69, 9.17) is 9.47 Å². The number of unbranched alkanes of at least 4 members (excludes halogenated alkanes) is 12. The summed E-state index contributed by atoms with van der Waals surface area (Å²) in [7, 11) is 0. The van der Waals surface area contributed by atoms with Crippen LogP contribution in [0.15, 0.2) is 36.5 Å². The molecule has 0 aromatic rings. The standard InChI is InChI=1S/C33H58O6/c1-3-5-7-9-11-12-13-14-15-16-18-19-21-24-30(35)25-23-27-33(37)39-31(28-34)29-38-32(36)26-22-20-17-10-8-6-4-2/h14-15,18-19,21,24,30-31,34-35H,3-13,16-17,20,22-23,25-29H2,1-2H3/b15-14+,19-18+,24-21+/t30?,31-/m0/s1. The minimum atomic E-state index is -0.856. The molecule has 6 nitrogen and oxygen atoms in total. The number of carbonyl (C=O) groups is 2. The lowest BCUT2D eigenvalue weighted by atomic mass is 10.1. The third kappa shape index (κ3) is 27.4. The first kappa shape index (κ1) is 37.1. The smallest absolute Gasteiger partial charge is 0.306 e. The van der Waals surface area contributed by atoms with Gasteiger partial charge in [-0.15, -0.1) is 0 Å². The number of aliphatic hydroxyl groups is 2. The Balaban J connectivity index is 3.85. The molecule has 0 bridgehead atoms. The van der Waals surface area contributed by atoms with E-state index in [0.29, 0.717) is 19.3 Å². The maximum Gasteiger partial charge on any atom is 0.306 e. The molecule has 0 aromatic carbocycles. The highest BCUT2D eigenvalue weighted by molar-refractivity contribution is 5.70. The zero-order chi connectivity index (χ0) is 28.8. The summed E-state index contributed by atoms with van der Waals surface area (Å²) in [5.74, 6) is -0.799. The predicted octanol–water partition coefficient (Wildman–Crippen LogP) is 7.91. The summed E-state index contributed by atoms with van der Waals surface area (Å²) in [6.07, 6.45) is 29.6. The van der Waals surface area contributed by atoms with Crippen molar-refractivity contribution in [2.75, 3.05) is 13.2 Å². The average molecular weight is 551 g/mol. The minimum absolute atomic E-state index is 0.132. The van der Waals surface area contributed by atoms with Gasteiger partial charge in [-0.25, -0.2) is 0 Å². The van der Waals surface area contributed by atoms with Crippen molar-refractivity contribution >= 4 is 11.9 Å². The van der Waals surface area contributed by atoms with E-state index in [0.717, 1.165) is 32.1 Å². The van der Waals surface area contributed by atoms with E-state index >= 15 is 0 Å². The molecule has 0 spiro atoms. The Morgan fingerprint density at radius 1 is 0.718 bits per heavy atom. The number of allylic oxidation sites excluding steroid dienone is 5. The van der Waals surface area contributed by atoms with E-state index < -0.39 is 24.8 Å². The molecule has 2 atom stereocenters. The highest BCUT2D eigenvalue weighted by atomic mass is 16.6. The Hall–Kier alpha value is -1.92. The molecule has 0 aliphatic rings. The van der Waals surface area contributed by atoms with Gasteiger partial charge in [0.25, 0.3) is 0 Å². The lowest BCUT2D eigenvalue weighted by molar-refractivity contribution is -0.161. The molecule has 0 aromatic heterocycles. The number of carbonyl (C=O) groups excluding carboxylic acids is 2. The van der Waals surface area contributed by atoms with E-state index in [2.05, 4.69) is 32.1 Å². The van der Waals surface area contributed by atoms with Gasteiger partial charge < -0.3 is 19.7 Å². The van der Waals surface area contributed by atoms with Crippen molar-refractivity contribution in [3.05, 3.63) is 36.5 Å². The lowest BCUT2D eigenvalue weighted by Gasteiger charge is -2.16. The Kier molecular flexibility index (Phi) is 27.6. The Morgan fingerprint density at radius 2 is 1.33 bits per heavy atom. The first-order valence-corrected chi connectivity index (χ1v) is 15.7. The zero-order valence-corrected chi connectivity index (χ0v) is 25.0. The normalized spacial score (nSPS) is 13.4. The molecule has 0 fully saturated rings.